The van der Waals surface area contributed by atoms with E-state index in [0.717, 1.165) is 0 Å². The van der Waals surface area contributed by atoms with E-state index in [2.05, 4.69) is 20.9 Å². The van der Waals surface area contributed by atoms with Crippen molar-refractivity contribution in [1.82, 2.24) is 19.5 Å². The number of aliphatic hydroxyl groups excluding tert-OH is 2. The van der Waals surface area contributed by atoms with E-state index < -0.39 is 52.9 Å². The molecular formula is C24H26ClN5O9S. The highest BCUT2D eigenvalue weighted by atomic mass is 35.5. The lowest BCUT2D eigenvalue weighted by Crippen LogP contribution is -2.39. The average Bonchev–Trinajstić information content (AvgIpc) is 3.38. The highest BCUT2D eigenvalue weighted by molar-refractivity contribution is 7.92. The Kier molecular flexibility index (Phi) is 9.53. The van der Waals surface area contributed by atoms with Gasteiger partial charge in [0, 0.05) is 13.1 Å². The van der Waals surface area contributed by atoms with Crippen LogP contribution in [-0.2, 0) is 28.8 Å². The molecule has 4 atom stereocenters. The van der Waals surface area contributed by atoms with Crippen LogP contribution in [0.4, 0.5) is 5.82 Å². The van der Waals surface area contributed by atoms with Gasteiger partial charge in [-0.3, -0.25) is 4.57 Å². The maximum absolute atomic E-state index is 12.9. The van der Waals surface area contributed by atoms with Crippen molar-refractivity contribution in [1.29, 1.82) is 0 Å². The van der Waals surface area contributed by atoms with Crippen molar-refractivity contribution in [2.24, 2.45) is 0 Å². The second-order valence-electron chi connectivity index (χ2n) is 8.54. The molecule has 1 aromatic carbocycles. The molecule has 14 nitrogen and oxygen atoms in total. The molecule has 3 heterocycles. The van der Waals surface area contributed by atoms with Gasteiger partial charge in [0.2, 0.25) is 15.1 Å². The number of aromatic nitrogens is 4. The number of aliphatic carboxylic acids is 1. The van der Waals surface area contributed by atoms with Crippen LogP contribution in [0.15, 0.2) is 41.6 Å². The minimum atomic E-state index is -4.45. The number of imidazole rings is 1. The fourth-order valence-electron chi connectivity index (χ4n) is 3.99. The Morgan fingerprint density at radius 3 is 2.55 bits per heavy atom. The van der Waals surface area contributed by atoms with Crippen molar-refractivity contribution in [3.63, 3.8) is 0 Å². The summed E-state index contributed by atoms with van der Waals surface area (Å²) in [5.74, 6) is 0.808. The molecule has 0 saturated carbocycles. The number of carboxylic acid groups (broad SMARTS) is 1. The number of carboxylic acids is 1. The van der Waals surface area contributed by atoms with E-state index in [1.807, 2.05) is 4.90 Å². The van der Waals surface area contributed by atoms with Gasteiger partial charge in [0.25, 0.3) is 5.44 Å². The van der Waals surface area contributed by atoms with Crippen LogP contribution in [0, 0.1) is 12.3 Å². The van der Waals surface area contributed by atoms with Crippen molar-refractivity contribution >= 4 is 44.4 Å². The summed E-state index contributed by atoms with van der Waals surface area (Å²) in [6.07, 6.45) is 2.41. The third-order valence-corrected chi connectivity index (χ3v) is 7.93. The quantitative estimate of drug-likeness (QED) is 0.189. The van der Waals surface area contributed by atoms with Crippen molar-refractivity contribution in [3.05, 3.63) is 41.9 Å². The van der Waals surface area contributed by atoms with Gasteiger partial charge in [-0.25, -0.2) is 18.2 Å². The number of terminal acetylenes is 1. The van der Waals surface area contributed by atoms with Crippen LogP contribution in [0.25, 0.3) is 11.2 Å². The number of morpholine rings is 1. The molecule has 40 heavy (non-hydrogen) atoms. The first-order valence-corrected chi connectivity index (χ1v) is 13.9. The molecule has 3 aromatic rings. The predicted octanol–water partition coefficient (Wildman–Crippen LogP) is 0.0877. The zero-order chi connectivity index (χ0) is 28.9. The molecule has 4 rings (SSSR count). The monoisotopic (exact) mass is 595 g/mol. The summed E-state index contributed by atoms with van der Waals surface area (Å²) >= 11 is 6.19. The minimum Gasteiger partial charge on any atom is -0.479 e. The predicted molar refractivity (Wildman–Crippen MR) is 140 cm³/mol. The van der Waals surface area contributed by atoms with E-state index in [9.17, 15) is 28.5 Å². The number of rotatable bonds is 12. The fraction of sp³-hybridized carbons (Fsp3) is 0.417. The highest BCUT2D eigenvalue weighted by Gasteiger charge is 2.36. The van der Waals surface area contributed by atoms with Crippen molar-refractivity contribution in [2.45, 2.75) is 28.8 Å². The number of anilines is 1. The van der Waals surface area contributed by atoms with Gasteiger partial charge in [-0.1, -0.05) is 24.1 Å². The third kappa shape index (κ3) is 6.34. The van der Waals surface area contributed by atoms with Crippen LogP contribution < -0.4 is 4.90 Å². The smallest absolute Gasteiger partial charge is 0.349 e. The van der Waals surface area contributed by atoms with E-state index in [1.165, 1.54) is 35.2 Å². The number of hydrogen-bond acceptors (Lipinski definition) is 12. The van der Waals surface area contributed by atoms with Crippen molar-refractivity contribution in [3.8, 4) is 12.3 Å². The molecule has 0 radical (unpaired) electrons. The van der Waals surface area contributed by atoms with E-state index >= 15 is 0 Å². The second kappa shape index (κ2) is 12.9. The fourth-order valence-corrected chi connectivity index (χ4v) is 5.45. The number of hydrogen-bond donors (Lipinski definition) is 3. The normalized spacial score (nSPS) is 17.2. The van der Waals surface area contributed by atoms with Crippen LogP contribution in [0.1, 0.15) is 6.23 Å². The highest BCUT2D eigenvalue weighted by Crippen LogP contribution is 2.29. The van der Waals surface area contributed by atoms with Crippen molar-refractivity contribution in [2.75, 3.05) is 44.4 Å². The standard InChI is InChI=1S/C24H26ClN5O9S/c1-2-17(32)21(30-14-26-18-19(27-24(25)28-20(18)30)29-8-10-37-11-9-29)39-15(12-31)13-38-23(22(33)34)40(35,36)16-6-4-3-5-7-16/h1,3-7,14-15,17,21,23,31-32H,8-13H2,(H,33,34)/t15-,17+,21+,23?/m0/s1. The molecule has 16 heteroatoms. The number of ether oxygens (including phenoxy) is 3. The van der Waals surface area contributed by atoms with E-state index in [-0.39, 0.29) is 15.8 Å². The number of halogens is 1. The first-order chi connectivity index (χ1) is 19.2. The number of aliphatic hydroxyl groups is 2. The lowest BCUT2D eigenvalue weighted by molar-refractivity contribution is -0.155. The molecular weight excluding hydrogens is 570 g/mol. The summed E-state index contributed by atoms with van der Waals surface area (Å²) in [6, 6.07) is 6.91. The Morgan fingerprint density at radius 1 is 1.23 bits per heavy atom. The molecule has 0 spiro atoms. The van der Waals surface area contributed by atoms with Gasteiger partial charge in [-0.2, -0.15) is 9.97 Å². The molecule has 3 N–H and O–H groups in total. The molecule has 1 saturated heterocycles. The van der Waals surface area contributed by atoms with Crippen LogP contribution in [-0.4, -0.2) is 106 Å². The van der Waals surface area contributed by atoms with Crippen LogP contribution in [0.2, 0.25) is 5.28 Å². The number of sulfone groups is 1. The molecule has 1 aliphatic heterocycles. The molecule has 0 amide bonds. The van der Waals surface area contributed by atoms with Gasteiger partial charge < -0.3 is 34.4 Å². The topological polar surface area (TPSA) is 186 Å². The van der Waals surface area contributed by atoms with Crippen LogP contribution in [0.3, 0.4) is 0 Å². The Labute approximate surface area is 234 Å². The molecule has 0 bridgehead atoms. The lowest BCUT2D eigenvalue weighted by atomic mass is 10.3. The van der Waals surface area contributed by atoms with E-state index in [1.54, 1.807) is 6.07 Å². The summed E-state index contributed by atoms with van der Waals surface area (Å²) in [5, 5.41) is 30.0. The average molecular weight is 596 g/mol. The zero-order valence-electron chi connectivity index (χ0n) is 20.9. The summed E-state index contributed by atoms with van der Waals surface area (Å²) in [5.41, 5.74) is -1.80. The number of fused-ring (bicyclic) bond motifs is 1. The summed E-state index contributed by atoms with van der Waals surface area (Å²) < 4.78 is 43.4. The first-order valence-electron chi connectivity index (χ1n) is 11.9. The Morgan fingerprint density at radius 2 is 1.93 bits per heavy atom. The maximum atomic E-state index is 12.9. The Bertz CT molecular complexity index is 1480. The SMILES string of the molecule is C#C[C@@H](O)[C@@H](O[C@@H](CO)COC(C(=O)O)S(=O)(=O)c1ccccc1)n1cnc2c(N3CCOCC3)nc(Cl)nc21. The van der Waals surface area contributed by atoms with Gasteiger partial charge >= 0.3 is 5.97 Å². The van der Waals surface area contributed by atoms with Crippen LogP contribution >= 0.6 is 11.6 Å². The molecule has 1 aliphatic rings. The third-order valence-electron chi connectivity index (χ3n) is 5.93. The maximum Gasteiger partial charge on any atom is 0.349 e. The molecule has 214 valence electrons. The first kappa shape index (κ1) is 29.6. The van der Waals surface area contributed by atoms with Gasteiger partial charge in [0.15, 0.2) is 29.3 Å². The minimum absolute atomic E-state index is 0.109. The van der Waals surface area contributed by atoms with Crippen LogP contribution in [0.5, 0.6) is 0 Å². The molecule has 0 aliphatic carbocycles. The second-order valence-corrected chi connectivity index (χ2v) is 10.9. The van der Waals surface area contributed by atoms with Gasteiger partial charge in [0.05, 0.1) is 37.7 Å². The van der Waals surface area contributed by atoms with E-state index in [4.69, 9.17) is 32.2 Å². The van der Waals surface area contributed by atoms with Gasteiger partial charge in [-0.15, -0.1) is 6.42 Å². The van der Waals surface area contributed by atoms with Gasteiger partial charge in [0.1, 0.15) is 6.10 Å². The van der Waals surface area contributed by atoms with E-state index in [0.29, 0.717) is 37.6 Å². The summed E-state index contributed by atoms with van der Waals surface area (Å²) in [6.45, 7) is 0.578. The molecule has 1 unspecified atom stereocenters. The number of carbonyl (C=O) groups is 1. The summed E-state index contributed by atoms with van der Waals surface area (Å²) in [7, 11) is -4.45. The Hall–Kier alpha value is -3.36. The Balaban J connectivity index is 1.60. The van der Waals surface area contributed by atoms with Gasteiger partial charge in [-0.05, 0) is 23.7 Å². The zero-order valence-corrected chi connectivity index (χ0v) is 22.5. The number of nitrogens with zero attached hydrogens (tertiary/aromatic N) is 5. The summed E-state index contributed by atoms with van der Waals surface area (Å²) in [4.78, 5) is 26.3. The number of benzene rings is 1. The molecule has 1 fully saturated rings. The lowest BCUT2D eigenvalue weighted by Gasteiger charge is -2.28. The molecule has 2 aromatic heterocycles. The largest absolute Gasteiger partial charge is 0.479 e. The van der Waals surface area contributed by atoms with Crippen molar-refractivity contribution < 1.29 is 42.7 Å².